The number of nitriles is 1. The largest absolute Gasteiger partial charge is 0.357 e. The van der Waals surface area contributed by atoms with Crippen molar-refractivity contribution in [1.29, 1.82) is 5.26 Å². The molecule has 0 aliphatic heterocycles. The van der Waals surface area contributed by atoms with E-state index in [1.165, 1.54) is 16.5 Å². The summed E-state index contributed by atoms with van der Waals surface area (Å²) in [4.78, 5) is 3.60. The number of rotatable bonds is 1. The standard InChI is InChI=1S/C23H20N2/c24-14-19-21(15-8-2-1-3-9-15)16-10-4-5-11-17(16)22-18-12-6-7-13-20(18)25-23(19)22/h1-4,6-10,12-13,16-17,19,21,25H,5,11H2/t16?,17?,19-,21-/m1/s1. The Morgan fingerprint density at radius 1 is 1.00 bits per heavy atom. The highest BCUT2D eigenvalue weighted by Gasteiger charge is 2.44. The van der Waals surface area contributed by atoms with Crippen LogP contribution in [0.5, 0.6) is 0 Å². The number of hydrogen-bond acceptors (Lipinski definition) is 1. The van der Waals surface area contributed by atoms with Crippen LogP contribution in [0.15, 0.2) is 66.7 Å². The Hall–Kier alpha value is -2.79. The fourth-order valence-corrected chi connectivity index (χ4v) is 5.03. The zero-order valence-electron chi connectivity index (χ0n) is 14.0. The Balaban J connectivity index is 1.79. The number of nitrogens with zero attached hydrogens (tertiary/aromatic N) is 1. The van der Waals surface area contributed by atoms with E-state index in [4.69, 9.17) is 0 Å². The van der Waals surface area contributed by atoms with Gasteiger partial charge in [-0.1, -0.05) is 60.7 Å². The van der Waals surface area contributed by atoms with Crippen molar-refractivity contribution in [2.75, 3.05) is 0 Å². The van der Waals surface area contributed by atoms with Gasteiger partial charge >= 0.3 is 0 Å². The van der Waals surface area contributed by atoms with Crippen LogP contribution >= 0.6 is 0 Å². The van der Waals surface area contributed by atoms with Gasteiger partial charge in [0.1, 0.15) is 0 Å². The number of para-hydroxylation sites is 1. The molecule has 2 nitrogen and oxygen atoms in total. The smallest absolute Gasteiger partial charge is 0.0939 e. The quantitative estimate of drug-likeness (QED) is 0.580. The third-order valence-electron chi connectivity index (χ3n) is 6.02. The SMILES string of the molecule is N#C[C@H]1c2[nH]c3ccccc3c2C2CCC=CC2[C@H]1c1ccccc1. The molecule has 0 bridgehead atoms. The molecule has 2 aliphatic rings. The average molecular weight is 324 g/mol. The predicted molar refractivity (Wildman–Crippen MR) is 100 cm³/mol. The van der Waals surface area contributed by atoms with Gasteiger partial charge in [0, 0.05) is 22.5 Å². The molecule has 0 saturated heterocycles. The van der Waals surface area contributed by atoms with Crippen molar-refractivity contribution in [3.05, 3.63) is 83.6 Å². The normalized spacial score (nSPS) is 27.5. The van der Waals surface area contributed by atoms with E-state index in [9.17, 15) is 5.26 Å². The van der Waals surface area contributed by atoms with Crippen LogP contribution in [0.2, 0.25) is 0 Å². The van der Waals surface area contributed by atoms with Gasteiger partial charge in [0.05, 0.1) is 12.0 Å². The third kappa shape index (κ3) is 2.09. The van der Waals surface area contributed by atoms with Crippen molar-refractivity contribution in [2.24, 2.45) is 5.92 Å². The molecule has 2 aromatic carbocycles. The lowest BCUT2D eigenvalue weighted by atomic mass is 9.61. The lowest BCUT2D eigenvalue weighted by Gasteiger charge is -2.41. The van der Waals surface area contributed by atoms with Crippen LogP contribution in [-0.4, -0.2) is 4.98 Å². The first-order valence-electron chi connectivity index (χ1n) is 9.10. The van der Waals surface area contributed by atoms with E-state index in [0.29, 0.717) is 11.8 Å². The minimum atomic E-state index is -0.131. The fraction of sp³-hybridized carbons (Fsp3) is 0.261. The summed E-state index contributed by atoms with van der Waals surface area (Å²) in [6, 6.07) is 21.7. The molecule has 2 heteroatoms. The maximum absolute atomic E-state index is 10.1. The molecule has 0 amide bonds. The second kappa shape index (κ2) is 5.63. The summed E-state index contributed by atoms with van der Waals surface area (Å²) < 4.78 is 0. The molecule has 2 unspecified atom stereocenters. The first-order chi connectivity index (χ1) is 12.4. The van der Waals surface area contributed by atoms with Crippen molar-refractivity contribution in [2.45, 2.75) is 30.6 Å². The molecule has 1 aromatic heterocycles. The minimum Gasteiger partial charge on any atom is -0.357 e. The Labute approximate surface area is 147 Å². The molecule has 3 aromatic rings. The van der Waals surface area contributed by atoms with Gasteiger partial charge in [-0.2, -0.15) is 5.26 Å². The van der Waals surface area contributed by atoms with Crippen molar-refractivity contribution >= 4 is 10.9 Å². The van der Waals surface area contributed by atoms with Crippen molar-refractivity contribution < 1.29 is 0 Å². The summed E-state index contributed by atoms with van der Waals surface area (Å²) in [6.45, 7) is 0. The maximum atomic E-state index is 10.1. The van der Waals surface area contributed by atoms with Crippen LogP contribution in [-0.2, 0) is 0 Å². The summed E-state index contributed by atoms with van der Waals surface area (Å²) in [6.07, 6.45) is 6.97. The molecule has 1 heterocycles. The second-order valence-electron chi connectivity index (χ2n) is 7.23. The molecule has 5 rings (SSSR count). The van der Waals surface area contributed by atoms with E-state index in [1.807, 2.05) is 0 Å². The number of aromatic nitrogens is 1. The number of H-pyrrole nitrogens is 1. The number of fused-ring (bicyclic) bond motifs is 5. The summed E-state index contributed by atoms with van der Waals surface area (Å²) in [5.41, 5.74) is 4.98. The number of benzene rings is 2. The highest BCUT2D eigenvalue weighted by molar-refractivity contribution is 5.86. The predicted octanol–water partition coefficient (Wildman–Crippen LogP) is 5.62. The summed E-state index contributed by atoms with van der Waals surface area (Å²) >= 11 is 0. The summed E-state index contributed by atoms with van der Waals surface area (Å²) in [5.74, 6) is 0.973. The van der Waals surface area contributed by atoms with Crippen molar-refractivity contribution in [3.8, 4) is 6.07 Å². The van der Waals surface area contributed by atoms with Gasteiger partial charge in [-0.15, -0.1) is 0 Å². The highest BCUT2D eigenvalue weighted by atomic mass is 14.8. The van der Waals surface area contributed by atoms with Gasteiger partial charge in [-0.05, 0) is 41.9 Å². The third-order valence-corrected chi connectivity index (χ3v) is 6.02. The zero-order chi connectivity index (χ0) is 16.8. The van der Waals surface area contributed by atoms with Gasteiger partial charge in [-0.25, -0.2) is 0 Å². The Morgan fingerprint density at radius 3 is 2.64 bits per heavy atom. The van der Waals surface area contributed by atoms with Crippen LogP contribution in [0.25, 0.3) is 10.9 Å². The molecule has 25 heavy (non-hydrogen) atoms. The molecule has 0 fully saturated rings. The molecule has 0 saturated carbocycles. The van der Waals surface area contributed by atoms with E-state index in [0.717, 1.165) is 24.1 Å². The number of aromatic amines is 1. The minimum absolute atomic E-state index is 0.131. The van der Waals surface area contributed by atoms with Gasteiger partial charge in [0.15, 0.2) is 0 Å². The monoisotopic (exact) mass is 324 g/mol. The Bertz CT molecular complexity index is 990. The van der Waals surface area contributed by atoms with Crippen LogP contribution in [0.1, 0.15) is 47.4 Å². The topological polar surface area (TPSA) is 39.6 Å². The lowest BCUT2D eigenvalue weighted by Crippen LogP contribution is -2.31. The molecule has 4 atom stereocenters. The Kier molecular flexibility index (Phi) is 3.28. The zero-order valence-corrected chi connectivity index (χ0v) is 14.0. The van der Waals surface area contributed by atoms with Crippen molar-refractivity contribution in [1.82, 2.24) is 4.98 Å². The first-order valence-corrected chi connectivity index (χ1v) is 9.10. The molecular formula is C23H20N2. The van der Waals surface area contributed by atoms with Crippen LogP contribution in [0.3, 0.4) is 0 Å². The Morgan fingerprint density at radius 2 is 1.80 bits per heavy atom. The molecule has 0 spiro atoms. The van der Waals surface area contributed by atoms with Crippen LogP contribution in [0.4, 0.5) is 0 Å². The average Bonchev–Trinajstić information content (AvgIpc) is 3.07. The van der Waals surface area contributed by atoms with E-state index < -0.39 is 0 Å². The fourth-order valence-electron chi connectivity index (χ4n) is 5.03. The molecule has 0 radical (unpaired) electrons. The van der Waals surface area contributed by atoms with E-state index in [1.54, 1.807) is 0 Å². The second-order valence-corrected chi connectivity index (χ2v) is 7.23. The molecule has 2 aliphatic carbocycles. The van der Waals surface area contributed by atoms with Gasteiger partial charge in [0.2, 0.25) is 0 Å². The van der Waals surface area contributed by atoms with Gasteiger partial charge < -0.3 is 4.98 Å². The molecule has 1 N–H and O–H groups in total. The molecular weight excluding hydrogens is 304 g/mol. The summed E-state index contributed by atoms with van der Waals surface area (Å²) in [7, 11) is 0. The lowest BCUT2D eigenvalue weighted by molar-refractivity contribution is 0.343. The van der Waals surface area contributed by atoms with E-state index in [-0.39, 0.29) is 11.8 Å². The van der Waals surface area contributed by atoms with Gasteiger partial charge in [0.25, 0.3) is 0 Å². The van der Waals surface area contributed by atoms with Crippen LogP contribution in [0, 0.1) is 17.2 Å². The number of hydrogen-bond donors (Lipinski definition) is 1. The van der Waals surface area contributed by atoms with Gasteiger partial charge in [-0.3, -0.25) is 0 Å². The van der Waals surface area contributed by atoms with Crippen molar-refractivity contribution in [3.63, 3.8) is 0 Å². The van der Waals surface area contributed by atoms with E-state index in [2.05, 4.69) is 77.8 Å². The molecule has 122 valence electrons. The first kappa shape index (κ1) is 14.5. The number of allylic oxidation sites excluding steroid dienone is 2. The van der Waals surface area contributed by atoms with E-state index >= 15 is 0 Å². The highest BCUT2D eigenvalue weighted by Crippen LogP contribution is 2.55. The number of nitrogens with one attached hydrogen (secondary N) is 1. The van der Waals surface area contributed by atoms with Crippen LogP contribution < -0.4 is 0 Å². The maximum Gasteiger partial charge on any atom is 0.0939 e. The summed E-state index contributed by atoms with van der Waals surface area (Å²) in [5, 5.41) is 11.4.